The highest BCUT2D eigenvalue weighted by Crippen LogP contribution is 2.10. The first-order valence-electron chi connectivity index (χ1n) is 4.77. The molecule has 1 aromatic rings. The second kappa shape index (κ2) is 3.98. The van der Waals surface area contributed by atoms with E-state index in [0.29, 0.717) is 0 Å². The standard InChI is InChI=1S/C9H17N4O2/c1-11-7-8(5-6-13(2,3)4)10-9(11)12(14)15/h7H,5-6H2,1-4H3/q+1. The highest BCUT2D eigenvalue weighted by molar-refractivity contribution is 5.13. The predicted molar refractivity (Wildman–Crippen MR) is 56.5 cm³/mol. The van der Waals surface area contributed by atoms with Crippen LogP contribution in [-0.2, 0) is 13.5 Å². The fraction of sp³-hybridized carbons (Fsp3) is 0.667. The van der Waals surface area contributed by atoms with E-state index in [0.717, 1.165) is 23.1 Å². The highest BCUT2D eigenvalue weighted by atomic mass is 16.6. The molecule has 0 spiro atoms. The summed E-state index contributed by atoms with van der Waals surface area (Å²) in [5.74, 6) is -0.0913. The van der Waals surface area contributed by atoms with Gasteiger partial charge >= 0.3 is 5.95 Å². The Kier molecular flexibility index (Phi) is 3.09. The zero-order valence-electron chi connectivity index (χ0n) is 9.60. The van der Waals surface area contributed by atoms with E-state index in [1.54, 1.807) is 13.2 Å². The Hall–Kier alpha value is -1.43. The Labute approximate surface area is 88.9 Å². The van der Waals surface area contributed by atoms with Crippen LogP contribution in [0.15, 0.2) is 6.20 Å². The summed E-state index contributed by atoms with van der Waals surface area (Å²) in [4.78, 5) is 14.1. The van der Waals surface area contributed by atoms with Crippen molar-refractivity contribution in [3.05, 3.63) is 22.0 Å². The normalized spacial score (nSPS) is 11.7. The highest BCUT2D eigenvalue weighted by Gasteiger charge is 2.18. The van der Waals surface area contributed by atoms with Gasteiger partial charge in [0, 0.05) is 0 Å². The second-order valence-corrected chi connectivity index (χ2v) is 4.66. The van der Waals surface area contributed by atoms with Gasteiger partial charge in [-0.05, 0) is 4.92 Å². The average molecular weight is 213 g/mol. The van der Waals surface area contributed by atoms with Crippen molar-refractivity contribution < 1.29 is 9.41 Å². The van der Waals surface area contributed by atoms with Crippen molar-refractivity contribution in [3.8, 4) is 0 Å². The van der Waals surface area contributed by atoms with Gasteiger partial charge in [-0.15, -0.1) is 0 Å². The lowest BCUT2D eigenvalue weighted by Crippen LogP contribution is -2.36. The van der Waals surface area contributed by atoms with Gasteiger partial charge in [-0.3, -0.25) is 0 Å². The first kappa shape index (κ1) is 11.6. The smallest absolute Gasteiger partial charge is 0.390 e. The van der Waals surface area contributed by atoms with Gasteiger partial charge in [-0.25, -0.2) is 4.57 Å². The number of likely N-dealkylation sites (N-methyl/N-ethyl adjacent to an activating group) is 1. The van der Waals surface area contributed by atoms with Crippen LogP contribution in [0.25, 0.3) is 0 Å². The SMILES string of the molecule is Cn1cc(CC[N+](C)(C)C)nc1[N+](=O)[O-]. The summed E-state index contributed by atoms with van der Waals surface area (Å²) in [6.45, 7) is 0.911. The number of aromatic nitrogens is 2. The molecule has 0 aliphatic rings. The van der Waals surface area contributed by atoms with Crippen LogP contribution in [0.5, 0.6) is 0 Å². The molecule has 6 heteroatoms. The van der Waals surface area contributed by atoms with E-state index in [1.165, 1.54) is 4.57 Å². The molecule has 0 aliphatic heterocycles. The topological polar surface area (TPSA) is 61.0 Å². The molecule has 0 N–H and O–H groups in total. The molecular formula is C9H17N4O2+. The fourth-order valence-electron chi connectivity index (χ4n) is 1.26. The Morgan fingerprint density at radius 2 is 2.13 bits per heavy atom. The maximum Gasteiger partial charge on any atom is 0.434 e. The van der Waals surface area contributed by atoms with Crippen molar-refractivity contribution >= 4 is 5.95 Å². The summed E-state index contributed by atoms with van der Waals surface area (Å²) in [6.07, 6.45) is 2.47. The molecule has 0 saturated carbocycles. The first-order valence-corrected chi connectivity index (χ1v) is 4.77. The van der Waals surface area contributed by atoms with Gasteiger partial charge in [0.25, 0.3) is 0 Å². The van der Waals surface area contributed by atoms with Crippen molar-refractivity contribution in [1.29, 1.82) is 0 Å². The van der Waals surface area contributed by atoms with E-state index < -0.39 is 4.92 Å². The lowest BCUT2D eigenvalue weighted by molar-refractivity contribution is -0.870. The van der Waals surface area contributed by atoms with Gasteiger partial charge in [-0.1, -0.05) is 4.98 Å². The molecule has 0 atom stereocenters. The number of hydrogen-bond donors (Lipinski definition) is 0. The van der Waals surface area contributed by atoms with E-state index in [2.05, 4.69) is 26.1 Å². The van der Waals surface area contributed by atoms with Gasteiger partial charge in [0.15, 0.2) is 5.69 Å². The number of imidazole rings is 1. The minimum absolute atomic E-state index is 0.0913. The molecule has 1 rings (SSSR count). The molecule has 0 aliphatic carbocycles. The third kappa shape index (κ3) is 3.32. The summed E-state index contributed by atoms with van der Waals surface area (Å²) >= 11 is 0. The summed E-state index contributed by atoms with van der Waals surface area (Å²) in [7, 11) is 7.88. The molecular weight excluding hydrogens is 196 g/mol. The van der Waals surface area contributed by atoms with Gasteiger partial charge in [0.1, 0.15) is 6.20 Å². The third-order valence-corrected chi connectivity index (χ3v) is 2.10. The predicted octanol–water partition coefficient (Wildman–Crippen LogP) is 0.577. The number of aryl methyl sites for hydroxylation is 1. The van der Waals surface area contributed by atoms with Crippen LogP contribution < -0.4 is 0 Å². The fourth-order valence-corrected chi connectivity index (χ4v) is 1.26. The van der Waals surface area contributed by atoms with Crippen molar-refractivity contribution in [3.63, 3.8) is 0 Å². The molecule has 1 aromatic heterocycles. The van der Waals surface area contributed by atoms with Crippen molar-refractivity contribution in [1.82, 2.24) is 9.55 Å². The van der Waals surface area contributed by atoms with E-state index in [-0.39, 0.29) is 5.95 Å². The van der Waals surface area contributed by atoms with Crippen LogP contribution in [0.2, 0.25) is 0 Å². The molecule has 15 heavy (non-hydrogen) atoms. The zero-order chi connectivity index (χ0) is 11.6. The van der Waals surface area contributed by atoms with Crippen molar-refractivity contribution in [2.75, 3.05) is 27.7 Å². The summed E-state index contributed by atoms with van der Waals surface area (Å²) < 4.78 is 2.27. The van der Waals surface area contributed by atoms with Gasteiger partial charge < -0.3 is 14.6 Å². The minimum Gasteiger partial charge on any atom is -0.390 e. The minimum atomic E-state index is -0.463. The molecule has 0 fully saturated rings. The van der Waals surface area contributed by atoms with Crippen molar-refractivity contribution in [2.45, 2.75) is 6.42 Å². The maximum absolute atomic E-state index is 10.6. The Balaban J connectivity index is 2.72. The molecule has 0 saturated heterocycles. The molecule has 0 radical (unpaired) electrons. The number of rotatable bonds is 4. The van der Waals surface area contributed by atoms with Crippen LogP contribution in [0, 0.1) is 10.1 Å². The monoisotopic (exact) mass is 213 g/mol. The molecule has 6 nitrogen and oxygen atoms in total. The van der Waals surface area contributed by atoms with Crippen LogP contribution >= 0.6 is 0 Å². The number of hydrogen-bond acceptors (Lipinski definition) is 3. The van der Waals surface area contributed by atoms with Crippen LogP contribution in [0.4, 0.5) is 5.95 Å². The lowest BCUT2D eigenvalue weighted by Gasteiger charge is -2.22. The van der Waals surface area contributed by atoms with Gasteiger partial charge in [0.05, 0.1) is 41.2 Å². The molecule has 0 aromatic carbocycles. The number of quaternary nitrogens is 1. The summed E-state index contributed by atoms with van der Waals surface area (Å²) in [6, 6.07) is 0. The molecule has 1 heterocycles. The molecule has 84 valence electrons. The second-order valence-electron chi connectivity index (χ2n) is 4.66. The maximum atomic E-state index is 10.6. The summed E-state index contributed by atoms with van der Waals surface area (Å²) in [5, 5.41) is 10.6. The van der Waals surface area contributed by atoms with E-state index in [9.17, 15) is 10.1 Å². The van der Waals surface area contributed by atoms with Gasteiger partial charge in [-0.2, -0.15) is 0 Å². The Morgan fingerprint density at radius 1 is 1.53 bits per heavy atom. The molecule has 0 amide bonds. The van der Waals surface area contributed by atoms with E-state index in [4.69, 9.17) is 0 Å². The molecule has 0 unspecified atom stereocenters. The van der Waals surface area contributed by atoms with Crippen molar-refractivity contribution in [2.24, 2.45) is 7.05 Å². The lowest BCUT2D eigenvalue weighted by atomic mass is 10.3. The van der Waals surface area contributed by atoms with Crippen LogP contribution in [-0.4, -0.2) is 46.6 Å². The van der Waals surface area contributed by atoms with Crippen LogP contribution in [0.3, 0.4) is 0 Å². The largest absolute Gasteiger partial charge is 0.434 e. The van der Waals surface area contributed by atoms with Crippen LogP contribution in [0.1, 0.15) is 5.69 Å². The molecule has 0 bridgehead atoms. The van der Waals surface area contributed by atoms with Gasteiger partial charge in [0.2, 0.25) is 0 Å². The summed E-state index contributed by atoms with van der Waals surface area (Å²) in [5.41, 5.74) is 0.775. The Morgan fingerprint density at radius 3 is 2.53 bits per heavy atom. The van der Waals surface area contributed by atoms with E-state index in [1.807, 2.05) is 0 Å². The quantitative estimate of drug-likeness (QED) is 0.417. The average Bonchev–Trinajstić information content (AvgIpc) is 2.42. The van der Waals surface area contributed by atoms with E-state index >= 15 is 0 Å². The first-order chi connectivity index (χ1) is 6.79. The number of nitro groups is 1. The Bertz CT molecular complexity index is 365. The number of nitrogens with zero attached hydrogens (tertiary/aromatic N) is 4. The zero-order valence-corrected chi connectivity index (χ0v) is 9.60. The third-order valence-electron chi connectivity index (χ3n) is 2.10.